The van der Waals surface area contributed by atoms with Crippen LogP contribution in [0.5, 0.6) is 5.75 Å². The van der Waals surface area contributed by atoms with Gasteiger partial charge in [-0.15, -0.1) is 0 Å². The Morgan fingerprint density at radius 3 is 2.67 bits per heavy atom. The molecule has 3 aromatic rings. The molecule has 10 heteroatoms. The summed E-state index contributed by atoms with van der Waals surface area (Å²) in [5, 5.41) is 0.333. The summed E-state index contributed by atoms with van der Waals surface area (Å²) < 4.78 is 57.2. The van der Waals surface area contributed by atoms with Crippen molar-refractivity contribution >= 4 is 21.8 Å². The van der Waals surface area contributed by atoms with Crippen LogP contribution in [0.1, 0.15) is 25.1 Å². The summed E-state index contributed by atoms with van der Waals surface area (Å²) in [6.07, 6.45) is -3.09. The lowest BCUT2D eigenvalue weighted by molar-refractivity contribution is -0.153. The van der Waals surface area contributed by atoms with Crippen molar-refractivity contribution in [3.8, 4) is 5.75 Å². The number of halogens is 3. The number of ether oxygens (including phenoxy) is 1. The largest absolute Gasteiger partial charge is 0.484 e. The minimum Gasteiger partial charge on any atom is -0.484 e. The summed E-state index contributed by atoms with van der Waals surface area (Å²) in [6.45, 7) is 4.98. The van der Waals surface area contributed by atoms with E-state index in [-0.39, 0.29) is 11.5 Å². The molecule has 1 unspecified atom stereocenters. The summed E-state index contributed by atoms with van der Waals surface area (Å²) in [4.78, 5) is 8.69. The third kappa shape index (κ3) is 5.29. The lowest BCUT2D eigenvalue weighted by Gasteiger charge is -2.15. The smallest absolute Gasteiger partial charge is 0.422 e. The standard InChI is InChI=1S/C20H23F3N4O2S/c1-13(2)10-25-27-17-7-5-4-6-15(17)26-19(27)30(28)11-16-14(3)18(8-9-24-16)29-12-20(21,22)23/h4-9,13,25H,10-12H2,1-3H3. The Morgan fingerprint density at radius 1 is 1.23 bits per heavy atom. The van der Waals surface area contributed by atoms with Gasteiger partial charge in [0.15, 0.2) is 6.61 Å². The first kappa shape index (κ1) is 22.1. The van der Waals surface area contributed by atoms with Crippen LogP contribution in [0, 0.1) is 12.8 Å². The molecule has 0 bridgehead atoms. The maximum atomic E-state index is 13.2. The zero-order valence-corrected chi connectivity index (χ0v) is 17.7. The number of para-hydroxylation sites is 2. The molecule has 0 aliphatic heterocycles. The van der Waals surface area contributed by atoms with Crippen LogP contribution in [-0.2, 0) is 16.6 Å². The number of pyridine rings is 1. The van der Waals surface area contributed by atoms with Crippen molar-refractivity contribution in [1.29, 1.82) is 0 Å². The number of nitrogens with one attached hydrogen (secondary N) is 1. The topological polar surface area (TPSA) is 69.0 Å². The van der Waals surface area contributed by atoms with E-state index in [2.05, 4.69) is 29.2 Å². The second-order valence-corrected chi connectivity index (χ2v) is 8.59. The molecule has 3 rings (SSSR count). The molecule has 2 heterocycles. The number of benzene rings is 1. The van der Waals surface area contributed by atoms with Gasteiger partial charge in [0.2, 0.25) is 5.16 Å². The quantitative estimate of drug-likeness (QED) is 0.569. The maximum Gasteiger partial charge on any atom is 0.422 e. The summed E-state index contributed by atoms with van der Waals surface area (Å²) in [7, 11) is -1.58. The number of hydrogen-bond acceptors (Lipinski definition) is 5. The molecule has 0 amide bonds. The fraction of sp³-hybridized carbons (Fsp3) is 0.400. The highest BCUT2D eigenvalue weighted by atomic mass is 32.2. The van der Waals surface area contributed by atoms with Gasteiger partial charge in [0, 0.05) is 18.3 Å². The minimum atomic E-state index is -4.44. The van der Waals surface area contributed by atoms with Crippen molar-refractivity contribution in [1.82, 2.24) is 14.6 Å². The Kier molecular flexibility index (Phi) is 6.64. The van der Waals surface area contributed by atoms with Gasteiger partial charge in [-0.3, -0.25) is 9.19 Å². The third-order valence-corrected chi connectivity index (χ3v) is 5.53. The van der Waals surface area contributed by atoms with Crippen LogP contribution in [0.4, 0.5) is 13.2 Å². The molecular weight excluding hydrogens is 417 g/mol. The van der Waals surface area contributed by atoms with Crippen molar-refractivity contribution in [2.75, 3.05) is 18.6 Å². The SMILES string of the molecule is Cc1c(OCC(F)(F)F)ccnc1CS(=O)c1nc2ccccc2n1NCC(C)C. The van der Waals surface area contributed by atoms with Crippen LogP contribution in [0.2, 0.25) is 0 Å². The predicted octanol–water partition coefficient (Wildman–Crippen LogP) is 4.19. The third-order valence-electron chi connectivity index (χ3n) is 4.31. The summed E-state index contributed by atoms with van der Waals surface area (Å²) in [6, 6.07) is 8.80. The molecule has 0 radical (unpaired) electrons. The highest BCUT2D eigenvalue weighted by Gasteiger charge is 2.29. The highest BCUT2D eigenvalue weighted by Crippen LogP contribution is 2.25. The van der Waals surface area contributed by atoms with Gasteiger partial charge < -0.3 is 10.2 Å². The average Bonchev–Trinajstić information content (AvgIpc) is 3.05. The van der Waals surface area contributed by atoms with Gasteiger partial charge in [-0.1, -0.05) is 26.0 Å². The van der Waals surface area contributed by atoms with Crippen LogP contribution in [0.3, 0.4) is 0 Å². The zero-order chi connectivity index (χ0) is 21.9. The highest BCUT2D eigenvalue weighted by molar-refractivity contribution is 7.84. The number of alkyl halides is 3. The van der Waals surface area contributed by atoms with Gasteiger partial charge in [-0.2, -0.15) is 13.2 Å². The Morgan fingerprint density at radius 2 is 1.97 bits per heavy atom. The lowest BCUT2D eigenvalue weighted by atomic mass is 10.2. The van der Waals surface area contributed by atoms with E-state index < -0.39 is 23.6 Å². The number of imidazole rings is 1. The number of aromatic nitrogens is 3. The summed E-state index contributed by atoms with van der Waals surface area (Å²) in [5.41, 5.74) is 5.58. The van der Waals surface area contributed by atoms with E-state index in [9.17, 15) is 17.4 Å². The molecule has 1 atom stereocenters. The van der Waals surface area contributed by atoms with Gasteiger partial charge >= 0.3 is 6.18 Å². The van der Waals surface area contributed by atoms with E-state index in [1.54, 1.807) is 11.6 Å². The van der Waals surface area contributed by atoms with E-state index >= 15 is 0 Å². The molecule has 1 aromatic carbocycles. The van der Waals surface area contributed by atoms with Gasteiger partial charge in [-0.25, -0.2) is 9.66 Å². The van der Waals surface area contributed by atoms with Crippen molar-refractivity contribution in [3.63, 3.8) is 0 Å². The Balaban J connectivity index is 1.87. The molecule has 2 aromatic heterocycles. The second kappa shape index (κ2) is 9.03. The fourth-order valence-electron chi connectivity index (χ4n) is 2.79. The number of fused-ring (bicyclic) bond motifs is 1. The van der Waals surface area contributed by atoms with E-state index in [1.807, 2.05) is 24.3 Å². The first-order valence-electron chi connectivity index (χ1n) is 9.39. The molecule has 6 nitrogen and oxygen atoms in total. The van der Waals surface area contributed by atoms with Crippen LogP contribution in [-0.4, -0.2) is 38.2 Å². The van der Waals surface area contributed by atoms with Gasteiger partial charge in [0.05, 0.1) is 33.3 Å². The summed E-state index contributed by atoms with van der Waals surface area (Å²) in [5.74, 6) is 0.432. The van der Waals surface area contributed by atoms with E-state index in [0.717, 1.165) is 5.52 Å². The van der Waals surface area contributed by atoms with E-state index in [4.69, 9.17) is 4.74 Å². The number of nitrogens with zero attached hydrogens (tertiary/aromatic N) is 3. The van der Waals surface area contributed by atoms with Crippen LogP contribution >= 0.6 is 0 Å². The number of hydrogen-bond donors (Lipinski definition) is 1. The maximum absolute atomic E-state index is 13.2. The Bertz CT molecular complexity index is 1050. The van der Waals surface area contributed by atoms with E-state index in [1.165, 1.54) is 12.3 Å². The first-order valence-corrected chi connectivity index (χ1v) is 10.7. The first-order chi connectivity index (χ1) is 14.2. The second-order valence-electron chi connectivity index (χ2n) is 7.25. The van der Waals surface area contributed by atoms with Crippen LogP contribution in [0.25, 0.3) is 11.0 Å². The molecule has 0 spiro atoms. The molecule has 0 fully saturated rings. The van der Waals surface area contributed by atoms with Gasteiger partial charge in [0.25, 0.3) is 0 Å². The van der Waals surface area contributed by atoms with Crippen molar-refractivity contribution < 1.29 is 22.1 Å². The minimum absolute atomic E-state index is 0.00172. The van der Waals surface area contributed by atoms with Crippen molar-refractivity contribution in [2.45, 2.75) is 37.9 Å². The predicted molar refractivity (Wildman–Crippen MR) is 109 cm³/mol. The molecule has 0 saturated heterocycles. The van der Waals surface area contributed by atoms with Gasteiger partial charge in [0.1, 0.15) is 5.75 Å². The molecule has 0 aliphatic carbocycles. The molecule has 30 heavy (non-hydrogen) atoms. The normalized spacial score (nSPS) is 13.0. The lowest BCUT2D eigenvalue weighted by Crippen LogP contribution is -2.22. The van der Waals surface area contributed by atoms with Gasteiger partial charge in [-0.05, 0) is 31.0 Å². The van der Waals surface area contributed by atoms with Crippen LogP contribution in [0.15, 0.2) is 41.7 Å². The number of rotatable bonds is 8. The molecular formula is C20H23F3N4O2S. The van der Waals surface area contributed by atoms with Crippen LogP contribution < -0.4 is 10.2 Å². The summed E-state index contributed by atoms with van der Waals surface area (Å²) >= 11 is 0. The Labute approximate surface area is 174 Å². The molecule has 162 valence electrons. The monoisotopic (exact) mass is 440 g/mol. The van der Waals surface area contributed by atoms with Crippen molar-refractivity contribution in [2.24, 2.45) is 5.92 Å². The van der Waals surface area contributed by atoms with Crippen molar-refractivity contribution in [3.05, 3.63) is 47.8 Å². The molecule has 0 saturated carbocycles. The van der Waals surface area contributed by atoms with E-state index in [0.29, 0.717) is 34.4 Å². The average molecular weight is 440 g/mol. The fourth-order valence-corrected chi connectivity index (χ4v) is 4.03. The Hall–Kier alpha value is -2.62. The zero-order valence-electron chi connectivity index (χ0n) is 16.9. The molecule has 1 N–H and O–H groups in total. The molecule has 0 aliphatic rings.